The normalized spacial score (nSPS) is 25.1. The van der Waals surface area contributed by atoms with Crippen molar-refractivity contribution in [3.63, 3.8) is 0 Å². The fraction of sp³-hybridized carbons (Fsp3) is 0.375. The summed E-state index contributed by atoms with van der Waals surface area (Å²) in [5.74, 6) is -1.30. The third-order valence-electron chi connectivity index (χ3n) is 4.23. The summed E-state index contributed by atoms with van der Waals surface area (Å²) in [6, 6.07) is 5.84. The van der Waals surface area contributed by atoms with E-state index in [-0.39, 0.29) is 4.90 Å². The van der Waals surface area contributed by atoms with E-state index >= 15 is 0 Å². The van der Waals surface area contributed by atoms with Gasteiger partial charge in [-0.05, 0) is 19.1 Å². The number of nitrogens with zero attached hydrogens (tertiary/aromatic N) is 1. The molecule has 1 unspecified atom stereocenters. The van der Waals surface area contributed by atoms with Gasteiger partial charge in [-0.1, -0.05) is 17.7 Å². The predicted octanol–water partition coefficient (Wildman–Crippen LogP) is -0.991. The van der Waals surface area contributed by atoms with E-state index in [4.69, 9.17) is 8.92 Å². The summed E-state index contributed by atoms with van der Waals surface area (Å²) in [5, 5.41) is 20.2. The monoisotopic (exact) mass is 416 g/mol. The first-order valence-electron chi connectivity index (χ1n) is 8.09. The van der Waals surface area contributed by atoms with Crippen molar-refractivity contribution in [2.45, 2.75) is 36.4 Å². The van der Waals surface area contributed by atoms with E-state index in [1.54, 1.807) is 24.0 Å². The predicted molar refractivity (Wildman–Crippen MR) is 91.5 cm³/mol. The molecule has 10 nitrogen and oxygen atoms in total. The molecule has 0 bridgehead atoms. The highest BCUT2D eigenvalue weighted by Crippen LogP contribution is 2.29. The Morgan fingerprint density at radius 2 is 1.86 bits per heavy atom. The second-order valence-corrected chi connectivity index (χ2v) is 7.86. The third kappa shape index (κ3) is 3.91. The van der Waals surface area contributed by atoms with Crippen molar-refractivity contribution in [1.29, 1.82) is 0 Å². The number of aromatic nitrogens is 2. The van der Waals surface area contributed by atoms with Crippen LogP contribution < -0.4 is 11.2 Å². The van der Waals surface area contributed by atoms with Crippen molar-refractivity contribution < 1.29 is 31.9 Å². The standard InChI is InChI=1S/C16H17FN2O8S/c1-8-2-4-9(5-3-8)28(24,25)26-7-11-12(20)13(21)15(27-11)19-6-10(17)14(22)18-16(19)23/h2-6,11-13,15,20-21H,7H2,1H3,(H,18,22,23)/t11-,12-,13-,15?/m1/s1. The number of H-pyrrole nitrogens is 1. The van der Waals surface area contributed by atoms with Gasteiger partial charge in [0.25, 0.3) is 15.7 Å². The van der Waals surface area contributed by atoms with Crippen LogP contribution in [0.15, 0.2) is 44.9 Å². The van der Waals surface area contributed by atoms with Gasteiger partial charge in [-0.25, -0.2) is 4.79 Å². The number of benzene rings is 1. The average molecular weight is 416 g/mol. The summed E-state index contributed by atoms with van der Waals surface area (Å²) in [6.07, 6.45) is -5.68. The number of ether oxygens (including phenoxy) is 1. The smallest absolute Gasteiger partial charge is 0.330 e. The topological polar surface area (TPSA) is 148 Å². The molecule has 152 valence electrons. The first-order valence-corrected chi connectivity index (χ1v) is 9.49. The fourth-order valence-corrected chi connectivity index (χ4v) is 3.59. The lowest BCUT2D eigenvalue weighted by atomic mass is 10.1. The van der Waals surface area contributed by atoms with E-state index in [0.717, 1.165) is 5.56 Å². The van der Waals surface area contributed by atoms with E-state index in [1.807, 2.05) is 0 Å². The number of aliphatic hydroxyl groups excluding tert-OH is 2. The van der Waals surface area contributed by atoms with Crippen molar-refractivity contribution in [2.75, 3.05) is 6.61 Å². The summed E-state index contributed by atoms with van der Waals surface area (Å²) in [5.41, 5.74) is -1.48. The Balaban J connectivity index is 1.76. The first-order chi connectivity index (χ1) is 13.1. The van der Waals surface area contributed by atoms with E-state index < -0.39 is 58.3 Å². The molecular formula is C16H17FN2O8S. The van der Waals surface area contributed by atoms with Gasteiger partial charge < -0.3 is 14.9 Å². The van der Waals surface area contributed by atoms with E-state index in [0.29, 0.717) is 10.8 Å². The van der Waals surface area contributed by atoms with Gasteiger partial charge in [0, 0.05) is 0 Å². The number of hydrogen-bond acceptors (Lipinski definition) is 8. The molecule has 0 spiro atoms. The Labute approximate surface area is 157 Å². The highest BCUT2D eigenvalue weighted by atomic mass is 32.2. The highest BCUT2D eigenvalue weighted by molar-refractivity contribution is 7.86. The van der Waals surface area contributed by atoms with Crippen LogP contribution in [0.25, 0.3) is 0 Å². The molecule has 1 fully saturated rings. The third-order valence-corrected chi connectivity index (χ3v) is 5.53. The Bertz CT molecular complexity index is 1080. The zero-order valence-electron chi connectivity index (χ0n) is 14.5. The van der Waals surface area contributed by atoms with Crippen molar-refractivity contribution in [1.82, 2.24) is 9.55 Å². The SMILES string of the molecule is Cc1ccc(S(=O)(=O)OC[C@H]2OC(n3cc(F)c(=O)[nH]c3=O)[C@H](O)[C@@H]2O)cc1. The number of halogens is 1. The summed E-state index contributed by atoms with van der Waals surface area (Å²) in [6.45, 7) is 1.12. The second kappa shape index (κ2) is 7.56. The molecule has 4 atom stereocenters. The molecule has 0 aliphatic carbocycles. The number of aromatic amines is 1. The quantitative estimate of drug-likeness (QED) is 0.526. The second-order valence-electron chi connectivity index (χ2n) is 6.24. The minimum atomic E-state index is -4.16. The van der Waals surface area contributed by atoms with Crippen LogP contribution in [0.2, 0.25) is 0 Å². The molecular weight excluding hydrogens is 399 g/mol. The van der Waals surface area contributed by atoms with Crippen molar-refractivity contribution in [3.05, 3.63) is 62.7 Å². The van der Waals surface area contributed by atoms with Crippen LogP contribution in [0.5, 0.6) is 0 Å². The maximum atomic E-state index is 13.4. The van der Waals surface area contributed by atoms with Gasteiger partial charge >= 0.3 is 5.69 Å². The lowest BCUT2D eigenvalue weighted by Gasteiger charge is -2.16. The van der Waals surface area contributed by atoms with E-state index in [9.17, 15) is 32.6 Å². The molecule has 1 aromatic carbocycles. The lowest BCUT2D eigenvalue weighted by Crippen LogP contribution is -2.38. The molecule has 1 aliphatic rings. The molecule has 2 heterocycles. The van der Waals surface area contributed by atoms with Gasteiger partial charge in [0.1, 0.15) is 18.3 Å². The van der Waals surface area contributed by atoms with Crippen LogP contribution in [0.4, 0.5) is 4.39 Å². The fourth-order valence-electron chi connectivity index (χ4n) is 2.68. The summed E-state index contributed by atoms with van der Waals surface area (Å²) in [4.78, 5) is 24.5. The maximum absolute atomic E-state index is 13.4. The molecule has 0 radical (unpaired) electrons. The van der Waals surface area contributed by atoms with Gasteiger partial charge in [0.2, 0.25) is 5.82 Å². The van der Waals surface area contributed by atoms with Crippen molar-refractivity contribution >= 4 is 10.1 Å². The molecule has 2 aromatic rings. The number of aliphatic hydroxyl groups is 2. The average Bonchev–Trinajstić information content (AvgIpc) is 2.92. The zero-order chi connectivity index (χ0) is 20.6. The molecule has 3 N–H and O–H groups in total. The van der Waals surface area contributed by atoms with Crippen LogP contribution in [-0.2, 0) is 19.0 Å². The lowest BCUT2D eigenvalue weighted by molar-refractivity contribution is -0.0513. The van der Waals surface area contributed by atoms with Crippen LogP contribution >= 0.6 is 0 Å². The van der Waals surface area contributed by atoms with Crippen LogP contribution in [-0.4, -0.2) is 53.1 Å². The van der Waals surface area contributed by atoms with Gasteiger partial charge in [-0.15, -0.1) is 0 Å². The number of rotatable bonds is 5. The van der Waals surface area contributed by atoms with Crippen molar-refractivity contribution in [3.8, 4) is 0 Å². The van der Waals surface area contributed by atoms with Crippen molar-refractivity contribution in [2.24, 2.45) is 0 Å². The van der Waals surface area contributed by atoms with Gasteiger partial charge in [0.15, 0.2) is 6.23 Å². The summed E-state index contributed by atoms with van der Waals surface area (Å²) < 4.78 is 48.6. The largest absolute Gasteiger partial charge is 0.387 e. The Kier molecular flexibility index (Phi) is 5.50. The Hall–Kier alpha value is -2.38. The number of nitrogens with one attached hydrogen (secondary N) is 1. The molecule has 1 aliphatic heterocycles. The molecule has 1 saturated heterocycles. The molecule has 0 amide bonds. The van der Waals surface area contributed by atoms with Gasteiger partial charge in [0.05, 0.1) is 17.7 Å². The molecule has 3 rings (SSSR count). The minimum Gasteiger partial charge on any atom is -0.387 e. The molecule has 28 heavy (non-hydrogen) atoms. The Morgan fingerprint density at radius 1 is 1.21 bits per heavy atom. The van der Waals surface area contributed by atoms with E-state index in [1.165, 1.54) is 12.1 Å². The summed E-state index contributed by atoms with van der Waals surface area (Å²) >= 11 is 0. The number of aryl methyl sites for hydroxylation is 1. The van der Waals surface area contributed by atoms with Gasteiger partial charge in [-0.2, -0.15) is 12.8 Å². The number of hydrogen-bond donors (Lipinski definition) is 3. The van der Waals surface area contributed by atoms with Crippen LogP contribution in [0.1, 0.15) is 11.8 Å². The highest BCUT2D eigenvalue weighted by Gasteiger charge is 2.45. The summed E-state index contributed by atoms with van der Waals surface area (Å²) in [7, 11) is -4.16. The van der Waals surface area contributed by atoms with E-state index in [2.05, 4.69) is 0 Å². The first kappa shape index (κ1) is 20.4. The van der Waals surface area contributed by atoms with Gasteiger partial charge in [-0.3, -0.25) is 18.5 Å². The molecule has 0 saturated carbocycles. The van der Waals surface area contributed by atoms with Crippen LogP contribution in [0.3, 0.4) is 0 Å². The Morgan fingerprint density at radius 3 is 2.50 bits per heavy atom. The zero-order valence-corrected chi connectivity index (χ0v) is 15.3. The molecule has 1 aromatic heterocycles. The van der Waals surface area contributed by atoms with Crippen LogP contribution in [0, 0.1) is 12.7 Å². The maximum Gasteiger partial charge on any atom is 0.330 e. The molecule has 12 heteroatoms. The minimum absolute atomic E-state index is 0.110.